The van der Waals surface area contributed by atoms with Crippen LogP contribution in [0.1, 0.15) is 6.42 Å². The summed E-state index contributed by atoms with van der Waals surface area (Å²) < 4.78 is 27.2. The zero-order valence-corrected chi connectivity index (χ0v) is 10.4. The van der Waals surface area contributed by atoms with E-state index in [1.54, 1.807) is 0 Å². The highest BCUT2D eigenvalue weighted by molar-refractivity contribution is 8.13. The fraction of sp³-hybridized carbons (Fsp3) is 0.200. The molecular formula is C10H8Cl2O3S. The highest BCUT2D eigenvalue weighted by Gasteiger charge is 2.12. The molecule has 0 atom stereocenters. The molecule has 1 aromatic carbocycles. The number of hydrogen-bond acceptors (Lipinski definition) is 3. The van der Waals surface area contributed by atoms with Crippen LogP contribution in [0.5, 0.6) is 5.75 Å². The maximum Gasteiger partial charge on any atom is 0.261 e. The molecule has 3 nitrogen and oxygen atoms in total. The maximum atomic E-state index is 11.0. The lowest BCUT2D eigenvalue weighted by molar-refractivity contribution is 0.327. The topological polar surface area (TPSA) is 43.4 Å². The predicted octanol–water partition coefficient (Wildman–Crippen LogP) is 2.67. The molecule has 0 bridgehead atoms. The Bertz CT molecular complexity index is 517. The summed E-state index contributed by atoms with van der Waals surface area (Å²) in [5.74, 6) is 2.78. The Balaban J connectivity index is 2.89. The van der Waals surface area contributed by atoms with Crippen LogP contribution < -0.4 is 4.74 Å². The average Bonchev–Trinajstić information content (AvgIpc) is 2.19. The van der Waals surface area contributed by atoms with Gasteiger partial charge in [0.2, 0.25) is 0 Å². The second-order valence-electron chi connectivity index (χ2n) is 2.83. The van der Waals surface area contributed by atoms with E-state index in [0.29, 0.717) is 18.8 Å². The minimum atomic E-state index is -3.77. The summed E-state index contributed by atoms with van der Waals surface area (Å²) in [6.45, 7) is 0.323. The maximum absolute atomic E-state index is 11.0. The van der Waals surface area contributed by atoms with Crippen LogP contribution in [0, 0.1) is 12.3 Å². The summed E-state index contributed by atoms with van der Waals surface area (Å²) in [6, 6.07) is 3.99. The molecule has 0 heterocycles. The van der Waals surface area contributed by atoms with E-state index in [9.17, 15) is 8.42 Å². The first-order chi connectivity index (χ1) is 7.45. The average molecular weight is 279 g/mol. The Labute approximate surface area is 104 Å². The van der Waals surface area contributed by atoms with E-state index in [0.717, 1.165) is 0 Å². The van der Waals surface area contributed by atoms with E-state index < -0.39 is 9.05 Å². The third-order valence-electron chi connectivity index (χ3n) is 1.69. The van der Waals surface area contributed by atoms with Gasteiger partial charge < -0.3 is 4.74 Å². The van der Waals surface area contributed by atoms with E-state index >= 15 is 0 Å². The van der Waals surface area contributed by atoms with Crippen LogP contribution in [0.4, 0.5) is 0 Å². The third-order valence-corrected chi connectivity index (χ3v) is 3.34. The van der Waals surface area contributed by atoms with E-state index in [1.807, 2.05) is 0 Å². The molecule has 0 saturated carbocycles. The smallest absolute Gasteiger partial charge is 0.261 e. The lowest BCUT2D eigenvalue weighted by atomic mass is 10.3. The van der Waals surface area contributed by atoms with Crippen molar-refractivity contribution in [3.63, 3.8) is 0 Å². The molecule has 0 aliphatic rings. The molecule has 0 amide bonds. The summed E-state index contributed by atoms with van der Waals surface area (Å²) >= 11 is 5.81. The number of halogens is 2. The van der Waals surface area contributed by atoms with Crippen molar-refractivity contribution < 1.29 is 13.2 Å². The van der Waals surface area contributed by atoms with Gasteiger partial charge in [-0.15, -0.1) is 12.3 Å². The molecule has 0 aromatic heterocycles. The number of ether oxygens (including phenoxy) is 1. The van der Waals surface area contributed by atoms with Crippen molar-refractivity contribution >= 4 is 31.3 Å². The summed E-state index contributed by atoms with van der Waals surface area (Å²) in [6.07, 6.45) is 5.50. The lowest BCUT2D eigenvalue weighted by Crippen LogP contribution is -1.97. The van der Waals surface area contributed by atoms with Crippen molar-refractivity contribution in [2.45, 2.75) is 11.3 Å². The molecule has 16 heavy (non-hydrogen) atoms. The molecule has 0 unspecified atom stereocenters. The predicted molar refractivity (Wildman–Crippen MR) is 63.4 cm³/mol. The number of rotatable bonds is 4. The van der Waals surface area contributed by atoms with Crippen molar-refractivity contribution in [1.29, 1.82) is 0 Å². The molecule has 0 spiro atoms. The Kier molecular flexibility index (Phi) is 4.48. The van der Waals surface area contributed by atoms with Crippen LogP contribution in [-0.4, -0.2) is 15.0 Å². The van der Waals surface area contributed by atoms with Crippen LogP contribution in [0.2, 0.25) is 5.02 Å². The van der Waals surface area contributed by atoms with Crippen LogP contribution in [0.15, 0.2) is 23.1 Å². The highest BCUT2D eigenvalue weighted by atomic mass is 35.7. The summed E-state index contributed by atoms with van der Waals surface area (Å²) in [5.41, 5.74) is 0. The molecule has 0 aliphatic heterocycles. The van der Waals surface area contributed by atoms with E-state index in [1.165, 1.54) is 18.2 Å². The van der Waals surface area contributed by atoms with Crippen LogP contribution in [0.3, 0.4) is 0 Å². The van der Waals surface area contributed by atoms with Gasteiger partial charge in [-0.2, -0.15) is 0 Å². The Morgan fingerprint density at radius 2 is 2.12 bits per heavy atom. The van der Waals surface area contributed by atoms with Gasteiger partial charge in [0.05, 0.1) is 16.5 Å². The zero-order chi connectivity index (χ0) is 12.2. The third kappa shape index (κ3) is 3.60. The lowest BCUT2D eigenvalue weighted by Gasteiger charge is -2.06. The van der Waals surface area contributed by atoms with Crippen molar-refractivity contribution in [2.75, 3.05) is 6.61 Å². The van der Waals surface area contributed by atoms with Crippen molar-refractivity contribution in [2.24, 2.45) is 0 Å². The molecular weight excluding hydrogens is 271 g/mol. The molecule has 0 aliphatic carbocycles. The minimum absolute atomic E-state index is 0.0662. The van der Waals surface area contributed by atoms with Crippen LogP contribution in [-0.2, 0) is 9.05 Å². The molecule has 1 rings (SSSR count). The first-order valence-corrected chi connectivity index (χ1v) is 6.94. The molecule has 0 N–H and O–H groups in total. The highest BCUT2D eigenvalue weighted by Crippen LogP contribution is 2.28. The van der Waals surface area contributed by atoms with Crippen molar-refractivity contribution in [1.82, 2.24) is 0 Å². The second kappa shape index (κ2) is 5.44. The monoisotopic (exact) mass is 278 g/mol. The minimum Gasteiger partial charge on any atom is -0.491 e. The zero-order valence-electron chi connectivity index (χ0n) is 8.11. The Morgan fingerprint density at radius 3 is 2.62 bits per heavy atom. The molecule has 1 aromatic rings. The van der Waals surface area contributed by atoms with Gasteiger partial charge in [-0.05, 0) is 18.2 Å². The number of hydrogen-bond donors (Lipinski definition) is 0. The van der Waals surface area contributed by atoms with E-state index in [-0.39, 0.29) is 9.92 Å². The summed E-state index contributed by atoms with van der Waals surface area (Å²) in [7, 11) is 1.39. The second-order valence-corrected chi connectivity index (χ2v) is 5.81. The van der Waals surface area contributed by atoms with Crippen LogP contribution in [0.25, 0.3) is 0 Å². The van der Waals surface area contributed by atoms with Crippen LogP contribution >= 0.6 is 22.3 Å². The standard InChI is InChI=1S/C10H8Cl2O3S/c1-2-3-6-15-10-5-4-8(7-9(10)11)16(12,13)14/h1,4-5,7H,3,6H2. The number of terminal acetylenes is 1. The SMILES string of the molecule is C#CCCOc1ccc(S(=O)(=O)Cl)cc1Cl. The van der Waals surface area contributed by atoms with Gasteiger partial charge in [-0.25, -0.2) is 8.42 Å². The van der Waals surface area contributed by atoms with Gasteiger partial charge in [0, 0.05) is 17.1 Å². The summed E-state index contributed by atoms with van der Waals surface area (Å²) in [5, 5.41) is 0.179. The first-order valence-electron chi connectivity index (χ1n) is 4.25. The van der Waals surface area contributed by atoms with Crippen molar-refractivity contribution in [3.8, 4) is 18.1 Å². The van der Waals surface area contributed by atoms with Gasteiger partial charge in [0.15, 0.2) is 0 Å². The van der Waals surface area contributed by atoms with Gasteiger partial charge in [-0.1, -0.05) is 11.6 Å². The fourth-order valence-corrected chi connectivity index (χ4v) is 2.05. The Morgan fingerprint density at radius 1 is 1.44 bits per heavy atom. The van der Waals surface area contributed by atoms with E-state index in [2.05, 4.69) is 5.92 Å². The fourth-order valence-electron chi connectivity index (χ4n) is 0.970. The Hall–Kier alpha value is -0.890. The first kappa shape index (κ1) is 13.2. The number of benzene rings is 1. The normalized spacial score (nSPS) is 10.8. The quantitative estimate of drug-likeness (QED) is 0.483. The van der Waals surface area contributed by atoms with Gasteiger partial charge in [0.25, 0.3) is 9.05 Å². The largest absolute Gasteiger partial charge is 0.491 e. The molecule has 6 heteroatoms. The summed E-state index contributed by atoms with van der Waals surface area (Å²) in [4.78, 5) is -0.0662. The van der Waals surface area contributed by atoms with Crippen molar-refractivity contribution in [3.05, 3.63) is 23.2 Å². The van der Waals surface area contributed by atoms with Gasteiger partial charge >= 0.3 is 0 Å². The molecule has 0 radical (unpaired) electrons. The van der Waals surface area contributed by atoms with Gasteiger partial charge in [0.1, 0.15) is 5.75 Å². The van der Waals surface area contributed by atoms with E-state index in [4.69, 9.17) is 33.4 Å². The molecule has 86 valence electrons. The molecule has 0 fully saturated rings. The van der Waals surface area contributed by atoms with Gasteiger partial charge in [-0.3, -0.25) is 0 Å². The molecule has 0 saturated heterocycles.